The minimum Gasteiger partial charge on any atom is -0.504 e. The Hall–Kier alpha value is -7.81. The van der Waals surface area contributed by atoms with E-state index in [2.05, 4.69) is 53.8 Å². The molecule has 13 atom stereocenters. The third-order valence-corrected chi connectivity index (χ3v) is 17.9. The van der Waals surface area contributed by atoms with Gasteiger partial charge < -0.3 is 98.0 Å². The van der Waals surface area contributed by atoms with Crippen LogP contribution in [-0.4, -0.2) is 228 Å². The van der Waals surface area contributed by atoms with Gasteiger partial charge >= 0.3 is 0 Å². The molecule has 94 heavy (non-hydrogen) atoms. The number of anilines is 1. The van der Waals surface area contributed by atoms with Gasteiger partial charge in [0.2, 0.25) is 35.4 Å². The fourth-order valence-corrected chi connectivity index (χ4v) is 12.6. The maximum Gasteiger partial charge on any atom is 0.251 e. The predicted molar refractivity (Wildman–Crippen MR) is 349 cm³/mol. The number of fused-ring (bicyclic) bond motifs is 2. The van der Waals surface area contributed by atoms with Crippen molar-refractivity contribution in [3.63, 3.8) is 0 Å². The molecule has 4 fully saturated rings. The molecule has 31 heteroatoms. The topological polar surface area (TPSA) is 427 Å². The number of hydrogen-bond acceptors (Lipinski definition) is 22. The fraction of sp³-hybridized carbons (Fsp3) is 0.476. The number of β-amino-alcohol motifs (C(OH)–C–C–N with tert-alkyl or cyclic N) is 1. The Morgan fingerprint density at radius 2 is 1.35 bits per heavy atom. The van der Waals surface area contributed by atoms with Crippen molar-refractivity contribution in [2.24, 2.45) is 17.4 Å². The van der Waals surface area contributed by atoms with E-state index in [1.807, 2.05) is 42.5 Å². The zero-order valence-electron chi connectivity index (χ0n) is 51.6. The highest BCUT2D eigenvalue weighted by Gasteiger charge is 2.50. The maximum atomic E-state index is 14.7. The van der Waals surface area contributed by atoms with Crippen LogP contribution in [0.3, 0.4) is 0 Å². The number of carbonyl (C=O) groups excluding carboxylic acids is 7. The van der Waals surface area contributed by atoms with Crippen LogP contribution in [0.15, 0.2) is 97.1 Å². The number of nitrogens with one attached hydrogen (secondary N) is 5. The smallest absolute Gasteiger partial charge is 0.251 e. The number of hydrogen-bond donors (Lipinski definition) is 14. The number of aliphatic hydroxyl groups excluding tert-OH is 6. The van der Waals surface area contributed by atoms with Crippen molar-refractivity contribution in [2.45, 2.75) is 131 Å². The molecule has 4 aromatic carbocycles. The molecule has 0 saturated carbocycles. The second kappa shape index (κ2) is 33.5. The van der Waals surface area contributed by atoms with Crippen LogP contribution in [0.1, 0.15) is 61.9 Å². The van der Waals surface area contributed by atoms with E-state index in [0.717, 1.165) is 54.0 Å². The van der Waals surface area contributed by atoms with Crippen LogP contribution < -0.4 is 52.4 Å². The van der Waals surface area contributed by atoms with Gasteiger partial charge in [0.25, 0.3) is 5.91 Å². The molecule has 0 bridgehead atoms. The molecule has 0 aliphatic carbocycles. The molecule has 7 amide bonds. The molecular formula is C63H82Cl2N12O16S. The van der Waals surface area contributed by atoms with E-state index in [1.54, 1.807) is 12.1 Å². The van der Waals surface area contributed by atoms with Crippen molar-refractivity contribution in [3.8, 4) is 38.4 Å². The van der Waals surface area contributed by atoms with Gasteiger partial charge in [-0.1, -0.05) is 54.7 Å². The molecular weight excluding hydrogens is 1280 g/mol. The number of ether oxygens (including phenoxy) is 2. The van der Waals surface area contributed by atoms with Crippen molar-refractivity contribution in [1.82, 2.24) is 46.6 Å². The van der Waals surface area contributed by atoms with Crippen molar-refractivity contribution in [1.29, 1.82) is 0 Å². The monoisotopic (exact) mass is 1360 g/mol. The van der Waals surface area contributed by atoms with Crippen LogP contribution in [0.25, 0.3) is 21.1 Å². The SMILES string of the molecule is C[C@@H](O)[C@@H]1NC(=O)[C@@H](NC(=O)c2ccc(-c3nnc(-c4ccc(OC5CCN(c6ccccc6)CC5)cc4)s3)cc2)C[C@@H](O)CNC(=O)[C@@H]2[C@@H](O)[C@@H](C)CN2C(=O)[C@H]([C@H](O)CCN)NC(=O)[C@H]([C@H](O)Cc2ccc(O)c(OCCN)c2)NC(=O)[C@@H]2C[C@@H](O)CN2C1=O.Cl.Cl. The summed E-state index contributed by atoms with van der Waals surface area (Å²) in [5.41, 5.74) is 14.3. The summed E-state index contributed by atoms with van der Waals surface area (Å²) in [6.07, 6.45) is -10.0. The molecule has 4 aliphatic heterocycles. The Morgan fingerprint density at radius 3 is 1.99 bits per heavy atom. The molecule has 510 valence electrons. The second-order valence-electron chi connectivity index (χ2n) is 23.7. The number of benzene rings is 4. The summed E-state index contributed by atoms with van der Waals surface area (Å²) in [4.78, 5) is 106. The van der Waals surface area contributed by atoms with Gasteiger partial charge in [0.15, 0.2) is 11.5 Å². The molecule has 28 nitrogen and oxygen atoms in total. The quantitative estimate of drug-likeness (QED) is 0.0537. The van der Waals surface area contributed by atoms with E-state index in [1.165, 1.54) is 54.3 Å². The van der Waals surface area contributed by atoms with E-state index in [4.69, 9.17) is 20.9 Å². The summed E-state index contributed by atoms with van der Waals surface area (Å²) in [7, 11) is 0. The van der Waals surface area contributed by atoms with Gasteiger partial charge in [0.05, 0.1) is 36.6 Å². The molecule has 16 N–H and O–H groups in total. The van der Waals surface area contributed by atoms with Crippen LogP contribution in [0.4, 0.5) is 5.69 Å². The Labute approximate surface area is 558 Å². The molecule has 4 saturated heterocycles. The van der Waals surface area contributed by atoms with Gasteiger partial charge in [0.1, 0.15) is 64.7 Å². The number of aliphatic hydroxyl groups is 6. The molecule has 0 unspecified atom stereocenters. The number of nitrogens with two attached hydrogens (primary N) is 2. The van der Waals surface area contributed by atoms with Gasteiger partial charge in [-0.3, -0.25) is 33.6 Å². The highest BCUT2D eigenvalue weighted by atomic mass is 35.5. The second-order valence-corrected chi connectivity index (χ2v) is 24.6. The number of para-hydroxylation sites is 1. The Balaban J connectivity index is 0.00000625. The number of piperidine rings is 1. The molecule has 1 aromatic heterocycles. The lowest BCUT2D eigenvalue weighted by Gasteiger charge is -2.34. The minimum atomic E-state index is -2.04. The first-order valence-corrected chi connectivity index (χ1v) is 31.5. The Morgan fingerprint density at radius 1 is 0.723 bits per heavy atom. The minimum absolute atomic E-state index is 0. The molecule has 5 heterocycles. The predicted octanol–water partition coefficient (Wildman–Crippen LogP) is -0.896. The van der Waals surface area contributed by atoms with Crippen LogP contribution >= 0.6 is 36.2 Å². The number of phenolic OH excluding ortho intramolecular Hbond substituents is 1. The summed E-state index contributed by atoms with van der Waals surface area (Å²) in [6.45, 7) is 2.83. The zero-order chi connectivity index (χ0) is 65.9. The first-order chi connectivity index (χ1) is 44.1. The first kappa shape index (κ1) is 73.6. The summed E-state index contributed by atoms with van der Waals surface area (Å²) < 4.78 is 11.9. The van der Waals surface area contributed by atoms with E-state index in [9.17, 15) is 69.3 Å². The summed E-state index contributed by atoms with van der Waals surface area (Å²) >= 11 is 1.31. The normalized spacial score (nSPS) is 25.3. The standard InChI is InChI=1S/C63H80N12O16S.2ClH/c1-33-31-75-53(54(33)82)59(87)66-30-40(77)28-44(67-55(83)36-9-11-37(12-10-36)60-71-72-61(92-60)38-13-15-42(16-14-38)91-43-19-23-73(24-20-43)39-6-4-3-5-7-39)56(84)68-50(34(2)76)62(88)74-32-41(78)29-45(74)57(85)69-51(58(86)70-52(63(75)89)47(80)18-21-64)48(81)26-35-8-17-46(79)49(27-35)90-25-22-65;;/h3-17,27,33-34,40-41,43-45,47-48,50-54,76-82H,18-26,28-32,64-65H2,1-2H3,(H,66,87)(H,67,83)(H,68,84)(H,69,85)(H,70,86);2*1H/t33-,34+,40+,41+,44-,45-,47+,48+,50-,51-,52-,53-,54-;;/m0../s1. The summed E-state index contributed by atoms with van der Waals surface area (Å²) in [6, 6.07) is 17.1. The number of rotatable bonds is 17. The summed E-state index contributed by atoms with van der Waals surface area (Å²) in [5, 5.41) is 101. The number of amides is 7. The van der Waals surface area contributed by atoms with Crippen molar-refractivity contribution < 1.29 is 78.8 Å². The van der Waals surface area contributed by atoms with Gasteiger partial charge in [-0.25, -0.2) is 0 Å². The summed E-state index contributed by atoms with van der Waals surface area (Å²) in [5.74, 6) is -7.93. The van der Waals surface area contributed by atoms with Crippen LogP contribution in [0, 0.1) is 5.92 Å². The highest BCUT2D eigenvalue weighted by molar-refractivity contribution is 7.17. The largest absolute Gasteiger partial charge is 0.504 e. The van der Waals surface area contributed by atoms with Crippen molar-refractivity contribution in [2.75, 3.05) is 57.3 Å². The number of aromatic hydroxyl groups is 1. The van der Waals surface area contributed by atoms with Crippen LogP contribution in [0.2, 0.25) is 0 Å². The molecule has 0 radical (unpaired) electrons. The van der Waals surface area contributed by atoms with Crippen LogP contribution in [0.5, 0.6) is 17.2 Å². The lowest BCUT2D eigenvalue weighted by molar-refractivity contribution is -0.147. The number of carbonyl (C=O) groups is 7. The number of nitrogens with zero attached hydrogens (tertiary/aromatic N) is 5. The number of aromatic nitrogens is 2. The molecule has 4 aliphatic rings. The third kappa shape index (κ3) is 17.9. The molecule has 9 rings (SSSR count). The number of halogens is 2. The lowest BCUT2D eigenvalue weighted by Crippen LogP contribution is -2.64. The molecule has 0 spiro atoms. The third-order valence-electron chi connectivity index (χ3n) is 16.8. The lowest BCUT2D eigenvalue weighted by atomic mass is 9.98. The van der Waals surface area contributed by atoms with Gasteiger partial charge in [-0.15, -0.1) is 35.0 Å². The fourth-order valence-electron chi connectivity index (χ4n) is 11.8. The first-order valence-electron chi connectivity index (χ1n) is 30.7. The van der Waals surface area contributed by atoms with Gasteiger partial charge in [-0.05, 0) is 86.1 Å². The van der Waals surface area contributed by atoms with Gasteiger partial charge in [0, 0.05) is 99.7 Å². The Bertz CT molecular complexity index is 3390. The average Bonchev–Trinajstić information content (AvgIpc) is 1.65. The van der Waals surface area contributed by atoms with Gasteiger partial charge in [-0.2, -0.15) is 0 Å². The van der Waals surface area contributed by atoms with E-state index < -0.39 is 152 Å². The maximum absolute atomic E-state index is 14.7. The van der Waals surface area contributed by atoms with Crippen molar-refractivity contribution in [3.05, 3.63) is 108 Å². The van der Waals surface area contributed by atoms with E-state index in [0.29, 0.717) is 15.6 Å². The zero-order valence-corrected chi connectivity index (χ0v) is 54.1. The Kier molecular flexibility index (Phi) is 26.3. The van der Waals surface area contributed by atoms with Crippen LogP contribution in [-0.2, 0) is 35.2 Å². The average molecular weight is 1370 g/mol. The van der Waals surface area contributed by atoms with Crippen molar-refractivity contribution >= 4 is 83.2 Å². The number of phenols is 1. The van der Waals surface area contributed by atoms with E-state index in [-0.39, 0.29) is 86.2 Å². The van der Waals surface area contributed by atoms with E-state index >= 15 is 0 Å². The highest BCUT2D eigenvalue weighted by Crippen LogP contribution is 2.33. The molecule has 5 aromatic rings.